The number of anilines is 1. The van der Waals surface area contributed by atoms with Crippen LogP contribution in [0.1, 0.15) is 17.0 Å². The van der Waals surface area contributed by atoms with Crippen molar-refractivity contribution in [2.24, 2.45) is 0 Å². The van der Waals surface area contributed by atoms with E-state index in [1.54, 1.807) is 37.3 Å². The fourth-order valence-corrected chi connectivity index (χ4v) is 6.30. The maximum absolute atomic E-state index is 13.0. The number of nitrogens with one attached hydrogen (secondary N) is 1. The number of rotatable bonds is 4. The van der Waals surface area contributed by atoms with E-state index in [2.05, 4.69) is 4.72 Å². The van der Waals surface area contributed by atoms with Gasteiger partial charge in [-0.05, 0) is 53.8 Å². The van der Waals surface area contributed by atoms with E-state index in [0.717, 1.165) is 15.6 Å². The molecule has 28 heavy (non-hydrogen) atoms. The zero-order chi connectivity index (χ0) is 20.1. The molecule has 2 N–H and O–H groups in total. The molecule has 1 fully saturated rings. The van der Waals surface area contributed by atoms with Crippen molar-refractivity contribution in [1.29, 1.82) is 0 Å². The van der Waals surface area contributed by atoms with Crippen molar-refractivity contribution in [2.75, 3.05) is 17.8 Å². The fourth-order valence-electron chi connectivity index (χ4n) is 3.33. The Kier molecular flexibility index (Phi) is 4.73. The number of hydrogen-bond acceptors (Lipinski definition) is 4. The Morgan fingerprint density at radius 3 is 2.71 bits per heavy atom. The van der Waals surface area contributed by atoms with Gasteiger partial charge in [-0.15, -0.1) is 11.3 Å². The first kappa shape index (κ1) is 19.0. The van der Waals surface area contributed by atoms with Gasteiger partial charge in [0, 0.05) is 34.4 Å². The summed E-state index contributed by atoms with van der Waals surface area (Å²) in [6.07, 6.45) is -0.937. The Balaban J connectivity index is 1.60. The van der Waals surface area contributed by atoms with Gasteiger partial charge in [0.15, 0.2) is 0 Å². The first-order valence-corrected chi connectivity index (χ1v) is 11.2. The molecule has 146 valence electrons. The van der Waals surface area contributed by atoms with Crippen LogP contribution in [0.2, 0.25) is 5.02 Å². The molecule has 0 unspecified atom stereocenters. The molecule has 1 saturated heterocycles. The van der Waals surface area contributed by atoms with E-state index < -0.39 is 16.1 Å². The molecule has 2 aromatic carbocycles. The number of likely N-dealkylation sites (tertiary alicyclic amines) is 1. The minimum atomic E-state index is -3.75. The highest BCUT2D eigenvalue weighted by molar-refractivity contribution is 7.94. The van der Waals surface area contributed by atoms with Crippen LogP contribution in [0.25, 0.3) is 10.1 Å². The second-order valence-electron chi connectivity index (χ2n) is 6.77. The van der Waals surface area contributed by atoms with Crippen molar-refractivity contribution in [1.82, 2.24) is 4.90 Å². The van der Waals surface area contributed by atoms with Gasteiger partial charge in [-0.1, -0.05) is 23.7 Å². The third-order valence-corrected chi connectivity index (χ3v) is 8.37. The second kappa shape index (κ2) is 6.95. The van der Waals surface area contributed by atoms with Gasteiger partial charge in [-0.3, -0.25) is 4.72 Å². The van der Waals surface area contributed by atoms with E-state index in [1.165, 1.54) is 16.2 Å². The molecule has 0 bridgehead atoms. The quantitative estimate of drug-likeness (QED) is 0.618. The Morgan fingerprint density at radius 2 is 2.00 bits per heavy atom. The van der Waals surface area contributed by atoms with Gasteiger partial charge >= 0.3 is 6.09 Å². The predicted molar refractivity (Wildman–Crippen MR) is 111 cm³/mol. The molecule has 4 rings (SSSR count). The number of benzene rings is 2. The van der Waals surface area contributed by atoms with Crippen LogP contribution in [0, 0.1) is 6.92 Å². The van der Waals surface area contributed by atoms with Crippen LogP contribution >= 0.6 is 22.9 Å². The minimum Gasteiger partial charge on any atom is -0.465 e. The van der Waals surface area contributed by atoms with Crippen LogP contribution in [0.15, 0.2) is 46.7 Å². The first-order valence-electron chi connectivity index (χ1n) is 8.54. The lowest BCUT2D eigenvalue weighted by Crippen LogP contribution is -2.47. The normalized spacial score (nSPS) is 14.9. The molecule has 2 heterocycles. The number of amides is 1. The summed E-state index contributed by atoms with van der Waals surface area (Å²) in [5.74, 6) is 0.0776. The highest BCUT2D eigenvalue weighted by Gasteiger charge is 2.31. The number of nitrogens with zero attached hydrogens (tertiary/aromatic N) is 1. The van der Waals surface area contributed by atoms with Gasteiger partial charge in [-0.2, -0.15) is 0 Å². The number of aryl methyl sites for hydroxylation is 1. The van der Waals surface area contributed by atoms with Crippen LogP contribution < -0.4 is 4.72 Å². The SMILES string of the molecule is Cc1c(S(=O)(=O)Nc2cccc(C3CN(C(=O)O)C3)c2)sc2ccc(Cl)cc12. The van der Waals surface area contributed by atoms with Gasteiger partial charge in [0.1, 0.15) is 4.21 Å². The Bertz CT molecular complexity index is 1180. The smallest absolute Gasteiger partial charge is 0.407 e. The molecule has 6 nitrogen and oxygen atoms in total. The molecular formula is C19H17ClN2O4S2. The number of carbonyl (C=O) groups is 1. The molecule has 0 aliphatic carbocycles. The van der Waals surface area contributed by atoms with Crippen molar-refractivity contribution < 1.29 is 18.3 Å². The number of sulfonamides is 1. The highest BCUT2D eigenvalue weighted by Crippen LogP contribution is 2.36. The Labute approximate surface area is 171 Å². The van der Waals surface area contributed by atoms with Gasteiger partial charge in [0.25, 0.3) is 10.0 Å². The third-order valence-electron chi connectivity index (χ3n) is 4.86. The summed E-state index contributed by atoms with van der Waals surface area (Å²) in [6, 6.07) is 12.4. The first-order chi connectivity index (χ1) is 13.2. The lowest BCUT2D eigenvalue weighted by atomic mass is 9.92. The van der Waals surface area contributed by atoms with E-state index in [0.29, 0.717) is 29.4 Å². The maximum Gasteiger partial charge on any atom is 0.407 e. The van der Waals surface area contributed by atoms with Crippen molar-refractivity contribution in [3.63, 3.8) is 0 Å². The number of fused-ring (bicyclic) bond motifs is 1. The Morgan fingerprint density at radius 1 is 1.25 bits per heavy atom. The van der Waals surface area contributed by atoms with Crippen molar-refractivity contribution in [2.45, 2.75) is 17.1 Å². The largest absolute Gasteiger partial charge is 0.465 e. The molecule has 0 saturated carbocycles. The average molecular weight is 437 g/mol. The van der Waals surface area contributed by atoms with Crippen LogP contribution in [0.4, 0.5) is 10.5 Å². The summed E-state index contributed by atoms with van der Waals surface area (Å²) in [5, 5.41) is 10.4. The van der Waals surface area contributed by atoms with Crippen molar-refractivity contribution in [3.8, 4) is 0 Å². The number of thiophene rings is 1. The summed E-state index contributed by atoms with van der Waals surface area (Å²) in [5.41, 5.74) is 2.04. The van der Waals surface area contributed by atoms with Crippen LogP contribution in [-0.2, 0) is 10.0 Å². The van der Waals surface area contributed by atoms with Crippen LogP contribution in [0.3, 0.4) is 0 Å². The lowest BCUT2D eigenvalue weighted by molar-refractivity contribution is 0.105. The van der Waals surface area contributed by atoms with Crippen molar-refractivity contribution >= 4 is 54.8 Å². The van der Waals surface area contributed by atoms with Crippen LogP contribution in [0.5, 0.6) is 0 Å². The van der Waals surface area contributed by atoms with Crippen molar-refractivity contribution in [3.05, 3.63) is 58.6 Å². The summed E-state index contributed by atoms with van der Waals surface area (Å²) < 4.78 is 29.7. The standard InChI is InChI=1S/C19H17ClN2O4S2/c1-11-16-8-14(20)5-6-17(16)27-18(11)28(25,26)21-15-4-2-3-12(7-15)13-9-22(10-13)19(23)24/h2-8,13,21H,9-10H2,1H3,(H,23,24). The molecule has 1 aromatic heterocycles. The number of carboxylic acid groups (broad SMARTS) is 1. The molecule has 0 spiro atoms. The van der Waals surface area contributed by atoms with E-state index in [1.807, 2.05) is 12.1 Å². The van der Waals surface area contributed by atoms with Gasteiger partial charge in [0.05, 0.1) is 0 Å². The minimum absolute atomic E-state index is 0.0776. The number of hydrogen-bond donors (Lipinski definition) is 2. The van der Waals surface area contributed by atoms with Gasteiger partial charge in [-0.25, -0.2) is 13.2 Å². The zero-order valence-electron chi connectivity index (χ0n) is 14.8. The monoisotopic (exact) mass is 436 g/mol. The highest BCUT2D eigenvalue weighted by atomic mass is 35.5. The molecule has 9 heteroatoms. The summed E-state index contributed by atoms with van der Waals surface area (Å²) in [4.78, 5) is 12.3. The molecule has 1 amide bonds. The molecule has 1 aliphatic heterocycles. The molecular weight excluding hydrogens is 420 g/mol. The zero-order valence-corrected chi connectivity index (χ0v) is 17.2. The van der Waals surface area contributed by atoms with Gasteiger partial charge < -0.3 is 10.0 Å². The second-order valence-corrected chi connectivity index (χ2v) is 10.1. The molecule has 0 atom stereocenters. The summed E-state index contributed by atoms with van der Waals surface area (Å²) >= 11 is 7.25. The van der Waals surface area contributed by atoms with E-state index in [-0.39, 0.29) is 10.1 Å². The van der Waals surface area contributed by atoms with Crippen LogP contribution in [-0.4, -0.2) is 37.6 Å². The van der Waals surface area contributed by atoms with E-state index >= 15 is 0 Å². The molecule has 0 radical (unpaired) electrons. The lowest BCUT2D eigenvalue weighted by Gasteiger charge is -2.37. The average Bonchev–Trinajstić information content (AvgIpc) is 2.90. The van der Waals surface area contributed by atoms with E-state index in [9.17, 15) is 13.2 Å². The molecule has 3 aromatic rings. The molecule has 1 aliphatic rings. The Hall–Kier alpha value is -2.29. The number of halogens is 1. The maximum atomic E-state index is 13.0. The summed E-state index contributed by atoms with van der Waals surface area (Å²) in [6.45, 7) is 2.61. The third kappa shape index (κ3) is 3.43. The topological polar surface area (TPSA) is 86.7 Å². The summed E-state index contributed by atoms with van der Waals surface area (Å²) in [7, 11) is -3.75. The predicted octanol–water partition coefficient (Wildman–Crippen LogP) is 4.74. The fraction of sp³-hybridized carbons (Fsp3) is 0.211. The van der Waals surface area contributed by atoms with E-state index in [4.69, 9.17) is 16.7 Å². The van der Waals surface area contributed by atoms with Gasteiger partial charge in [0.2, 0.25) is 0 Å².